The predicted octanol–water partition coefficient (Wildman–Crippen LogP) is 2.72. The van der Waals surface area contributed by atoms with E-state index in [1.807, 2.05) is 29.2 Å². The normalized spacial score (nSPS) is 22.2. The van der Waals surface area contributed by atoms with Crippen LogP contribution in [0.1, 0.15) is 16.8 Å². The van der Waals surface area contributed by atoms with Crippen LogP contribution in [-0.4, -0.2) is 61.0 Å². The summed E-state index contributed by atoms with van der Waals surface area (Å²) in [5, 5.41) is 5.69. The standard InChI is InChI=1S/C19H22BrN3O/c20-17-4-3-14-11-16(2-1-15(14)12-17)19(24)23-9-7-22(8-10-23)18-5-6-21-13-18/h1-4,11-12,18,21H,5-10,13H2. The molecule has 2 aromatic rings. The van der Waals surface area contributed by atoms with Gasteiger partial charge in [-0.05, 0) is 48.0 Å². The van der Waals surface area contributed by atoms with Gasteiger partial charge in [-0.2, -0.15) is 0 Å². The van der Waals surface area contributed by atoms with Gasteiger partial charge in [0.1, 0.15) is 0 Å². The van der Waals surface area contributed by atoms with Crippen LogP contribution in [0.5, 0.6) is 0 Å². The van der Waals surface area contributed by atoms with Crippen molar-refractivity contribution in [2.24, 2.45) is 0 Å². The molecule has 24 heavy (non-hydrogen) atoms. The van der Waals surface area contributed by atoms with Crippen LogP contribution in [0.15, 0.2) is 40.9 Å². The molecule has 5 heteroatoms. The molecule has 1 N–H and O–H groups in total. The van der Waals surface area contributed by atoms with Crippen LogP contribution in [-0.2, 0) is 0 Å². The molecule has 0 radical (unpaired) electrons. The maximum Gasteiger partial charge on any atom is 0.253 e. The zero-order valence-electron chi connectivity index (χ0n) is 13.7. The molecule has 1 unspecified atom stereocenters. The van der Waals surface area contributed by atoms with Gasteiger partial charge >= 0.3 is 0 Å². The number of hydrogen-bond acceptors (Lipinski definition) is 3. The molecular weight excluding hydrogens is 366 g/mol. The van der Waals surface area contributed by atoms with E-state index in [1.54, 1.807) is 0 Å². The topological polar surface area (TPSA) is 35.6 Å². The number of carbonyl (C=O) groups excluding carboxylic acids is 1. The summed E-state index contributed by atoms with van der Waals surface area (Å²) in [5.41, 5.74) is 0.792. The lowest BCUT2D eigenvalue weighted by Gasteiger charge is -2.37. The molecule has 4 nitrogen and oxygen atoms in total. The average molecular weight is 388 g/mol. The van der Waals surface area contributed by atoms with Gasteiger partial charge in [-0.1, -0.05) is 28.1 Å². The van der Waals surface area contributed by atoms with E-state index in [4.69, 9.17) is 0 Å². The molecule has 0 bridgehead atoms. The summed E-state index contributed by atoms with van der Waals surface area (Å²) in [6, 6.07) is 12.8. The third-order valence-electron chi connectivity index (χ3n) is 5.20. The third kappa shape index (κ3) is 3.21. The van der Waals surface area contributed by atoms with Crippen LogP contribution in [0.4, 0.5) is 0 Å². The van der Waals surface area contributed by atoms with Crippen LogP contribution in [0.3, 0.4) is 0 Å². The van der Waals surface area contributed by atoms with E-state index in [9.17, 15) is 4.79 Å². The second-order valence-corrected chi connectivity index (χ2v) is 7.60. The minimum atomic E-state index is 0.156. The molecule has 2 heterocycles. The quantitative estimate of drug-likeness (QED) is 0.860. The van der Waals surface area contributed by atoms with Gasteiger partial charge in [0, 0.05) is 48.8 Å². The maximum absolute atomic E-state index is 12.8. The lowest BCUT2D eigenvalue weighted by Crippen LogP contribution is -2.52. The number of carbonyl (C=O) groups is 1. The van der Waals surface area contributed by atoms with E-state index < -0.39 is 0 Å². The van der Waals surface area contributed by atoms with Gasteiger partial charge in [0.2, 0.25) is 0 Å². The van der Waals surface area contributed by atoms with Crippen molar-refractivity contribution in [1.82, 2.24) is 15.1 Å². The fourth-order valence-electron chi connectivity index (χ4n) is 3.77. The van der Waals surface area contributed by atoms with E-state index >= 15 is 0 Å². The Balaban J connectivity index is 1.45. The predicted molar refractivity (Wildman–Crippen MR) is 100 cm³/mol. The fourth-order valence-corrected chi connectivity index (χ4v) is 4.15. The lowest BCUT2D eigenvalue weighted by atomic mass is 10.1. The molecule has 1 amide bonds. The minimum Gasteiger partial charge on any atom is -0.336 e. The summed E-state index contributed by atoms with van der Waals surface area (Å²) in [5.74, 6) is 0.156. The first kappa shape index (κ1) is 16.1. The zero-order valence-corrected chi connectivity index (χ0v) is 15.3. The minimum absolute atomic E-state index is 0.156. The van der Waals surface area contributed by atoms with Crippen molar-refractivity contribution < 1.29 is 4.79 Å². The van der Waals surface area contributed by atoms with Gasteiger partial charge in [-0.3, -0.25) is 9.69 Å². The Hall–Kier alpha value is -1.43. The summed E-state index contributed by atoms with van der Waals surface area (Å²) in [7, 11) is 0. The van der Waals surface area contributed by atoms with E-state index in [0.717, 1.165) is 60.1 Å². The van der Waals surface area contributed by atoms with Crippen molar-refractivity contribution in [1.29, 1.82) is 0 Å². The zero-order chi connectivity index (χ0) is 16.5. The number of amides is 1. The molecule has 1 atom stereocenters. The Kier molecular flexibility index (Phi) is 4.57. The molecule has 2 aliphatic rings. The number of nitrogens with zero attached hydrogens (tertiary/aromatic N) is 2. The maximum atomic E-state index is 12.8. The highest BCUT2D eigenvalue weighted by atomic mass is 79.9. The van der Waals surface area contributed by atoms with Gasteiger partial charge in [0.05, 0.1) is 0 Å². The van der Waals surface area contributed by atoms with Gasteiger partial charge < -0.3 is 10.2 Å². The largest absolute Gasteiger partial charge is 0.336 e. The van der Waals surface area contributed by atoms with Crippen molar-refractivity contribution in [3.8, 4) is 0 Å². The Morgan fingerprint density at radius 2 is 1.79 bits per heavy atom. The molecule has 4 rings (SSSR count). The van der Waals surface area contributed by atoms with E-state index in [1.165, 1.54) is 6.42 Å². The summed E-state index contributed by atoms with van der Waals surface area (Å²) in [6.45, 7) is 5.84. The molecule has 0 spiro atoms. The van der Waals surface area contributed by atoms with Gasteiger partial charge in [0.15, 0.2) is 0 Å². The van der Waals surface area contributed by atoms with E-state index in [-0.39, 0.29) is 5.91 Å². The smallest absolute Gasteiger partial charge is 0.253 e. The third-order valence-corrected chi connectivity index (χ3v) is 5.69. The molecule has 2 aromatic carbocycles. The molecule has 0 aromatic heterocycles. The molecule has 126 valence electrons. The first-order chi connectivity index (χ1) is 11.7. The van der Waals surface area contributed by atoms with Crippen LogP contribution in [0, 0.1) is 0 Å². The van der Waals surface area contributed by atoms with Crippen molar-refractivity contribution >= 4 is 32.6 Å². The Labute approximate surface area is 150 Å². The van der Waals surface area contributed by atoms with Crippen LogP contribution >= 0.6 is 15.9 Å². The first-order valence-electron chi connectivity index (χ1n) is 8.64. The highest BCUT2D eigenvalue weighted by Crippen LogP contribution is 2.22. The Morgan fingerprint density at radius 3 is 2.54 bits per heavy atom. The monoisotopic (exact) mass is 387 g/mol. The number of halogens is 1. The number of piperazine rings is 1. The van der Waals surface area contributed by atoms with Gasteiger partial charge in [-0.25, -0.2) is 0 Å². The molecule has 2 saturated heterocycles. The SMILES string of the molecule is O=C(c1ccc2cc(Br)ccc2c1)N1CCN(C2CCNC2)CC1. The van der Waals surface area contributed by atoms with Crippen LogP contribution in [0.25, 0.3) is 10.8 Å². The average Bonchev–Trinajstić information content (AvgIpc) is 3.15. The number of benzene rings is 2. The molecular formula is C19H22BrN3O. The molecule has 2 aliphatic heterocycles. The molecule has 2 fully saturated rings. The second-order valence-electron chi connectivity index (χ2n) is 6.68. The Bertz CT molecular complexity index is 749. The number of hydrogen-bond donors (Lipinski definition) is 1. The highest BCUT2D eigenvalue weighted by Gasteiger charge is 2.28. The summed E-state index contributed by atoms with van der Waals surface area (Å²) in [6.07, 6.45) is 1.23. The number of nitrogens with one attached hydrogen (secondary N) is 1. The Morgan fingerprint density at radius 1 is 1.04 bits per heavy atom. The van der Waals surface area contributed by atoms with E-state index in [0.29, 0.717) is 6.04 Å². The van der Waals surface area contributed by atoms with Crippen molar-refractivity contribution in [2.45, 2.75) is 12.5 Å². The lowest BCUT2D eigenvalue weighted by molar-refractivity contribution is 0.0584. The summed E-state index contributed by atoms with van der Waals surface area (Å²) >= 11 is 3.49. The van der Waals surface area contributed by atoms with Crippen molar-refractivity contribution in [2.75, 3.05) is 39.3 Å². The number of fused-ring (bicyclic) bond motifs is 1. The second kappa shape index (κ2) is 6.82. The van der Waals surface area contributed by atoms with Crippen LogP contribution < -0.4 is 5.32 Å². The van der Waals surface area contributed by atoms with Crippen LogP contribution in [0.2, 0.25) is 0 Å². The highest BCUT2D eigenvalue weighted by molar-refractivity contribution is 9.10. The van der Waals surface area contributed by atoms with E-state index in [2.05, 4.69) is 38.3 Å². The van der Waals surface area contributed by atoms with Gasteiger partial charge in [-0.15, -0.1) is 0 Å². The summed E-state index contributed by atoms with van der Waals surface area (Å²) < 4.78 is 1.06. The number of rotatable bonds is 2. The fraction of sp³-hybridized carbons (Fsp3) is 0.421. The first-order valence-corrected chi connectivity index (χ1v) is 9.43. The van der Waals surface area contributed by atoms with Crippen molar-refractivity contribution in [3.63, 3.8) is 0 Å². The van der Waals surface area contributed by atoms with Gasteiger partial charge in [0.25, 0.3) is 5.91 Å². The summed E-state index contributed by atoms with van der Waals surface area (Å²) in [4.78, 5) is 17.4. The molecule has 0 saturated carbocycles. The molecule has 0 aliphatic carbocycles. The van der Waals surface area contributed by atoms with Crippen molar-refractivity contribution in [3.05, 3.63) is 46.4 Å².